The molecule has 5 aromatic rings. The fourth-order valence-corrected chi connectivity index (χ4v) is 5.02. The Kier molecular flexibility index (Phi) is 5.84. The van der Waals surface area contributed by atoms with Gasteiger partial charge in [0.15, 0.2) is 6.29 Å². The van der Waals surface area contributed by atoms with Crippen molar-refractivity contribution in [3.8, 4) is 22.4 Å². The molecule has 0 amide bonds. The quantitative estimate of drug-likeness (QED) is 0.275. The lowest BCUT2D eigenvalue weighted by Crippen LogP contribution is -2.02. The Labute approximate surface area is 195 Å². The van der Waals surface area contributed by atoms with Crippen LogP contribution in [0.25, 0.3) is 27.9 Å². The molecule has 8 heteroatoms. The number of fused-ring (bicyclic) bond motifs is 1. The number of rotatable bonds is 6. The van der Waals surface area contributed by atoms with Crippen LogP contribution in [0.3, 0.4) is 0 Å². The fraction of sp³-hybridized carbons (Fsp3) is 0.0833. The maximum Gasteiger partial charge on any atom is 0.192 e. The number of halogens is 2. The van der Waals surface area contributed by atoms with E-state index in [1.807, 2.05) is 41.9 Å². The minimum absolute atomic E-state index is 0.231. The number of aliphatic hydroxyl groups excluding tert-OH is 1. The molecule has 1 N–H and O–H groups in total. The first-order valence-corrected chi connectivity index (χ1v) is 11.5. The minimum Gasteiger partial charge on any atom is -0.364 e. The van der Waals surface area contributed by atoms with E-state index < -0.39 is 6.29 Å². The Morgan fingerprint density at radius 1 is 1.06 bits per heavy atom. The summed E-state index contributed by atoms with van der Waals surface area (Å²) in [5.41, 5.74) is 5.21. The van der Waals surface area contributed by atoms with Crippen molar-refractivity contribution in [3.05, 3.63) is 99.3 Å². The van der Waals surface area contributed by atoms with Crippen LogP contribution in [0.1, 0.15) is 16.7 Å². The summed E-state index contributed by atoms with van der Waals surface area (Å²) in [6, 6.07) is 15.9. The third-order valence-corrected chi connectivity index (χ3v) is 6.96. The highest BCUT2D eigenvalue weighted by Crippen LogP contribution is 2.36. The van der Waals surface area contributed by atoms with Gasteiger partial charge in [0.2, 0.25) is 0 Å². The molecule has 5 rings (SSSR count). The van der Waals surface area contributed by atoms with Crippen molar-refractivity contribution >= 4 is 32.8 Å². The average Bonchev–Trinajstić information content (AvgIpc) is 3.41. The Balaban J connectivity index is 1.54. The van der Waals surface area contributed by atoms with Crippen molar-refractivity contribution in [2.45, 2.75) is 12.9 Å². The summed E-state index contributed by atoms with van der Waals surface area (Å²) in [5, 5.41) is 17.0. The number of benzene rings is 1. The highest BCUT2D eigenvalue weighted by atomic mass is 79.9. The highest BCUT2D eigenvalue weighted by Gasteiger charge is 2.18. The van der Waals surface area contributed by atoms with Crippen LogP contribution in [-0.4, -0.2) is 19.7 Å². The number of ether oxygens (including phenoxy) is 1. The lowest BCUT2D eigenvalue weighted by atomic mass is 10.00. The van der Waals surface area contributed by atoms with Crippen molar-refractivity contribution in [2.24, 2.45) is 0 Å². The monoisotopic (exact) mass is 509 g/mol. The van der Waals surface area contributed by atoms with Crippen LogP contribution < -0.4 is 0 Å². The van der Waals surface area contributed by atoms with Gasteiger partial charge in [-0.05, 0) is 87.0 Å². The Hall–Kier alpha value is -2.91. The maximum absolute atomic E-state index is 13.5. The molecule has 32 heavy (non-hydrogen) atoms. The van der Waals surface area contributed by atoms with Gasteiger partial charge in [-0.2, -0.15) is 5.10 Å². The lowest BCUT2D eigenvalue weighted by Gasteiger charge is -2.11. The molecule has 0 aliphatic carbocycles. The summed E-state index contributed by atoms with van der Waals surface area (Å²) in [6.07, 6.45) is 4.31. The molecular weight excluding hydrogens is 493 g/mol. The van der Waals surface area contributed by atoms with Crippen LogP contribution in [0.4, 0.5) is 4.39 Å². The van der Waals surface area contributed by atoms with Crippen molar-refractivity contribution in [3.63, 3.8) is 0 Å². The highest BCUT2D eigenvalue weighted by molar-refractivity contribution is 9.10. The van der Waals surface area contributed by atoms with Gasteiger partial charge in [-0.1, -0.05) is 0 Å². The topological polar surface area (TPSA) is 59.7 Å². The first kappa shape index (κ1) is 21.0. The van der Waals surface area contributed by atoms with E-state index in [9.17, 15) is 9.50 Å². The van der Waals surface area contributed by atoms with Crippen LogP contribution in [0, 0.1) is 5.82 Å². The van der Waals surface area contributed by atoms with Gasteiger partial charge in [0, 0.05) is 34.2 Å². The summed E-state index contributed by atoms with van der Waals surface area (Å²) in [7, 11) is 0. The molecule has 4 aromatic heterocycles. The summed E-state index contributed by atoms with van der Waals surface area (Å²) in [4.78, 5) is 4.85. The second-order valence-electron chi connectivity index (χ2n) is 7.13. The van der Waals surface area contributed by atoms with E-state index in [1.165, 1.54) is 23.5 Å². The molecule has 1 unspecified atom stereocenters. The number of aromatic nitrogens is 3. The Morgan fingerprint density at radius 3 is 2.56 bits per heavy atom. The van der Waals surface area contributed by atoms with E-state index in [2.05, 4.69) is 20.9 Å². The summed E-state index contributed by atoms with van der Waals surface area (Å²) < 4.78 is 21.8. The average molecular weight is 510 g/mol. The minimum atomic E-state index is -1.01. The van der Waals surface area contributed by atoms with Crippen molar-refractivity contribution in [1.82, 2.24) is 14.6 Å². The second-order valence-corrected chi connectivity index (χ2v) is 8.93. The number of pyridine rings is 2. The van der Waals surface area contributed by atoms with Gasteiger partial charge in [-0.25, -0.2) is 8.91 Å². The smallest absolute Gasteiger partial charge is 0.192 e. The largest absolute Gasteiger partial charge is 0.364 e. The Morgan fingerprint density at radius 2 is 1.84 bits per heavy atom. The van der Waals surface area contributed by atoms with E-state index in [0.29, 0.717) is 0 Å². The molecule has 1 aromatic carbocycles. The molecule has 0 spiro atoms. The lowest BCUT2D eigenvalue weighted by molar-refractivity contribution is -0.110. The van der Waals surface area contributed by atoms with Gasteiger partial charge in [0.25, 0.3) is 0 Å². The van der Waals surface area contributed by atoms with E-state index >= 15 is 0 Å². The van der Waals surface area contributed by atoms with Gasteiger partial charge < -0.3 is 9.84 Å². The molecule has 160 valence electrons. The first-order chi connectivity index (χ1) is 15.6. The summed E-state index contributed by atoms with van der Waals surface area (Å²) in [6.45, 7) is 0.231. The fourth-order valence-electron chi connectivity index (χ4n) is 3.52. The first-order valence-electron chi connectivity index (χ1n) is 9.80. The predicted octanol–water partition coefficient (Wildman–Crippen LogP) is 6.23. The van der Waals surface area contributed by atoms with Crippen molar-refractivity contribution in [2.75, 3.05) is 0 Å². The van der Waals surface area contributed by atoms with Gasteiger partial charge in [-0.3, -0.25) is 4.98 Å². The van der Waals surface area contributed by atoms with E-state index in [4.69, 9.17) is 9.84 Å². The van der Waals surface area contributed by atoms with Crippen LogP contribution in [0.5, 0.6) is 0 Å². The van der Waals surface area contributed by atoms with Crippen LogP contribution in [0.15, 0.2) is 83.0 Å². The van der Waals surface area contributed by atoms with Gasteiger partial charge in [0.05, 0.1) is 17.0 Å². The molecular formula is C24H17BrFN3O2S. The molecule has 5 nitrogen and oxygen atoms in total. The number of aliphatic hydroxyl groups is 1. The molecule has 0 saturated carbocycles. The van der Waals surface area contributed by atoms with E-state index in [1.54, 1.807) is 29.0 Å². The molecule has 0 radical (unpaired) electrons. The zero-order valence-corrected chi connectivity index (χ0v) is 19.1. The molecule has 0 aliphatic rings. The second kappa shape index (κ2) is 8.91. The van der Waals surface area contributed by atoms with Gasteiger partial charge in [-0.15, -0.1) is 11.3 Å². The van der Waals surface area contributed by atoms with Gasteiger partial charge in [0.1, 0.15) is 11.5 Å². The third kappa shape index (κ3) is 4.10. The van der Waals surface area contributed by atoms with E-state index in [-0.39, 0.29) is 12.4 Å². The van der Waals surface area contributed by atoms with E-state index in [0.717, 1.165) is 42.8 Å². The standard InChI is InChI=1S/C24H17BrFN3O2S/c25-19-8-12-32-23(19)24(30)31-14-15-7-11-29-20(13-15)21(16-5-9-27-10-6-16)22(28-29)17-1-3-18(26)4-2-17/h1-13,24,30H,14H2. The SMILES string of the molecule is OC(OCc1ccn2nc(-c3ccc(F)cc3)c(-c3ccncc3)c2c1)c1sccc1Br. The number of hydrogen-bond acceptors (Lipinski definition) is 5. The normalized spacial score (nSPS) is 12.3. The maximum atomic E-state index is 13.5. The third-order valence-electron chi connectivity index (χ3n) is 5.06. The molecule has 0 fully saturated rings. The van der Waals surface area contributed by atoms with Crippen LogP contribution >= 0.6 is 27.3 Å². The number of hydrogen-bond donors (Lipinski definition) is 1. The number of thiophene rings is 1. The zero-order chi connectivity index (χ0) is 22.1. The molecule has 4 heterocycles. The molecule has 0 saturated heterocycles. The Bertz CT molecular complexity index is 1370. The molecule has 1 atom stereocenters. The van der Waals surface area contributed by atoms with Gasteiger partial charge >= 0.3 is 0 Å². The summed E-state index contributed by atoms with van der Waals surface area (Å²) >= 11 is 4.85. The predicted molar refractivity (Wildman–Crippen MR) is 126 cm³/mol. The van der Waals surface area contributed by atoms with Crippen molar-refractivity contribution < 1.29 is 14.2 Å². The number of nitrogens with zero attached hydrogens (tertiary/aromatic N) is 3. The van der Waals surface area contributed by atoms with Crippen molar-refractivity contribution in [1.29, 1.82) is 0 Å². The van der Waals surface area contributed by atoms with Crippen LogP contribution in [0.2, 0.25) is 0 Å². The molecule has 0 bridgehead atoms. The summed E-state index contributed by atoms with van der Waals surface area (Å²) in [5.74, 6) is -0.293. The zero-order valence-electron chi connectivity index (χ0n) is 16.7. The van der Waals surface area contributed by atoms with Crippen LogP contribution in [-0.2, 0) is 11.3 Å². The molecule has 0 aliphatic heterocycles.